The summed E-state index contributed by atoms with van der Waals surface area (Å²) in [6.07, 6.45) is 4.47. The maximum absolute atomic E-state index is 12.2. The third kappa shape index (κ3) is 3.15. The van der Waals surface area contributed by atoms with Gasteiger partial charge in [-0.3, -0.25) is 0 Å². The van der Waals surface area contributed by atoms with Crippen LogP contribution in [0.5, 0.6) is 0 Å². The van der Waals surface area contributed by atoms with Crippen LogP contribution in [0.1, 0.15) is 44.2 Å². The van der Waals surface area contributed by atoms with Crippen LogP contribution in [0.25, 0.3) is 0 Å². The molecule has 0 saturated heterocycles. The number of rotatable bonds is 4. The van der Waals surface area contributed by atoms with Gasteiger partial charge in [0, 0.05) is 17.3 Å². The smallest absolute Gasteiger partial charge is 0.178 e. The zero-order valence-corrected chi connectivity index (χ0v) is 14.1. The molecule has 1 aliphatic heterocycles. The molecule has 1 aromatic carbocycles. The normalized spacial score (nSPS) is 31.0. The Kier molecular flexibility index (Phi) is 4.62. The summed E-state index contributed by atoms with van der Waals surface area (Å²) in [6, 6.07) is 8.21. The van der Waals surface area contributed by atoms with Crippen LogP contribution in [0.15, 0.2) is 29.2 Å². The van der Waals surface area contributed by atoms with Gasteiger partial charge in [-0.1, -0.05) is 31.5 Å². The Morgan fingerprint density at radius 3 is 2.86 bits per heavy atom. The van der Waals surface area contributed by atoms with E-state index in [1.165, 1.54) is 19.3 Å². The summed E-state index contributed by atoms with van der Waals surface area (Å²) in [6.45, 7) is 2.21. The van der Waals surface area contributed by atoms with Crippen molar-refractivity contribution in [2.45, 2.75) is 54.8 Å². The van der Waals surface area contributed by atoms with E-state index in [1.54, 1.807) is 6.07 Å². The average molecular weight is 325 g/mol. The number of nitrogens with one attached hydrogen (secondary N) is 1. The Morgan fingerprint density at radius 1 is 1.24 bits per heavy atom. The van der Waals surface area contributed by atoms with Gasteiger partial charge in [-0.15, -0.1) is 0 Å². The summed E-state index contributed by atoms with van der Waals surface area (Å²) in [4.78, 5) is 0.534. The first-order valence-corrected chi connectivity index (χ1v) is 10.5. The topological polar surface area (TPSA) is 46.2 Å². The van der Waals surface area contributed by atoms with Crippen molar-refractivity contribution in [3.05, 3.63) is 29.8 Å². The van der Waals surface area contributed by atoms with Gasteiger partial charge in [0.2, 0.25) is 0 Å². The van der Waals surface area contributed by atoms with Crippen LogP contribution in [0, 0.1) is 0 Å². The molecule has 0 radical (unpaired) electrons. The molecule has 0 bridgehead atoms. The minimum atomic E-state index is -3.08. The van der Waals surface area contributed by atoms with E-state index in [0.29, 0.717) is 22.6 Å². The predicted molar refractivity (Wildman–Crippen MR) is 88.5 cm³/mol. The number of thioether (sulfide) groups is 1. The van der Waals surface area contributed by atoms with Gasteiger partial charge in [0.05, 0.1) is 10.6 Å². The molecule has 3 atom stereocenters. The Labute approximate surface area is 131 Å². The molecule has 1 saturated carbocycles. The van der Waals surface area contributed by atoms with Gasteiger partial charge in [0.15, 0.2) is 9.84 Å². The summed E-state index contributed by atoms with van der Waals surface area (Å²) in [7, 11) is -3.08. The van der Waals surface area contributed by atoms with Gasteiger partial charge < -0.3 is 5.32 Å². The molecule has 1 N–H and O–H groups in total. The molecular weight excluding hydrogens is 302 g/mol. The van der Waals surface area contributed by atoms with Crippen LogP contribution in [0.2, 0.25) is 0 Å². The molecule has 21 heavy (non-hydrogen) atoms. The fraction of sp³-hybridized carbons (Fsp3) is 0.625. The van der Waals surface area contributed by atoms with E-state index < -0.39 is 9.84 Å². The molecule has 3 rings (SSSR count). The fourth-order valence-corrected chi connectivity index (χ4v) is 6.38. The first-order chi connectivity index (χ1) is 10.1. The van der Waals surface area contributed by atoms with Crippen LogP contribution in [-0.2, 0) is 9.84 Å². The second kappa shape index (κ2) is 6.31. The second-order valence-electron chi connectivity index (χ2n) is 5.90. The Balaban J connectivity index is 1.81. The second-order valence-corrected chi connectivity index (χ2v) is 9.49. The number of hydrogen-bond acceptors (Lipinski definition) is 4. The number of fused-ring (bicyclic) bond motifs is 1. The van der Waals surface area contributed by atoms with Crippen molar-refractivity contribution in [1.29, 1.82) is 0 Å². The lowest BCUT2D eigenvalue weighted by Crippen LogP contribution is -2.39. The molecular formula is C16H23NO2S2. The van der Waals surface area contributed by atoms with Gasteiger partial charge >= 0.3 is 0 Å². The molecule has 3 nitrogen and oxygen atoms in total. The highest BCUT2D eigenvalue weighted by Gasteiger charge is 2.34. The Morgan fingerprint density at radius 2 is 2.05 bits per heavy atom. The van der Waals surface area contributed by atoms with Crippen molar-refractivity contribution in [2.24, 2.45) is 0 Å². The van der Waals surface area contributed by atoms with E-state index in [4.69, 9.17) is 0 Å². The molecule has 0 spiro atoms. The van der Waals surface area contributed by atoms with E-state index in [0.717, 1.165) is 11.3 Å². The van der Waals surface area contributed by atoms with E-state index >= 15 is 0 Å². The van der Waals surface area contributed by atoms with E-state index in [9.17, 15) is 8.42 Å². The van der Waals surface area contributed by atoms with Gasteiger partial charge in [-0.05, 0) is 36.6 Å². The van der Waals surface area contributed by atoms with E-state index in [2.05, 4.69) is 12.2 Å². The Hall–Kier alpha value is -0.520. The van der Waals surface area contributed by atoms with Gasteiger partial charge in [0.25, 0.3) is 0 Å². The van der Waals surface area contributed by atoms with Gasteiger partial charge in [0.1, 0.15) is 0 Å². The maximum Gasteiger partial charge on any atom is 0.178 e. The summed E-state index contributed by atoms with van der Waals surface area (Å²) in [5, 5.41) is 4.44. The van der Waals surface area contributed by atoms with Crippen LogP contribution in [0.3, 0.4) is 0 Å². The van der Waals surface area contributed by atoms with Crippen molar-refractivity contribution in [2.75, 3.05) is 11.5 Å². The monoisotopic (exact) mass is 325 g/mol. The molecule has 2 aliphatic rings. The van der Waals surface area contributed by atoms with Crippen LogP contribution in [-0.4, -0.2) is 31.2 Å². The molecule has 1 fully saturated rings. The molecule has 0 amide bonds. The molecule has 116 valence electrons. The quantitative estimate of drug-likeness (QED) is 0.923. The number of sulfone groups is 1. The van der Waals surface area contributed by atoms with Crippen molar-refractivity contribution in [3.63, 3.8) is 0 Å². The van der Waals surface area contributed by atoms with Gasteiger partial charge in [-0.25, -0.2) is 8.42 Å². The molecule has 1 aliphatic carbocycles. The minimum absolute atomic E-state index is 0.188. The fourth-order valence-electron chi connectivity index (χ4n) is 3.55. The lowest BCUT2D eigenvalue weighted by molar-refractivity contribution is 0.423. The highest BCUT2D eigenvalue weighted by Crippen LogP contribution is 2.36. The van der Waals surface area contributed by atoms with Crippen LogP contribution < -0.4 is 5.32 Å². The Bertz CT molecular complexity index is 600. The molecule has 1 heterocycles. The average Bonchev–Trinajstić information content (AvgIpc) is 2.90. The molecule has 0 aromatic heterocycles. The van der Waals surface area contributed by atoms with Crippen LogP contribution >= 0.6 is 11.8 Å². The highest BCUT2D eigenvalue weighted by molar-refractivity contribution is 7.99. The van der Waals surface area contributed by atoms with Crippen molar-refractivity contribution in [3.8, 4) is 0 Å². The lowest BCUT2D eigenvalue weighted by Gasteiger charge is -2.31. The molecule has 3 unspecified atom stereocenters. The summed E-state index contributed by atoms with van der Waals surface area (Å²) >= 11 is 2.04. The van der Waals surface area contributed by atoms with Gasteiger partial charge in [-0.2, -0.15) is 11.8 Å². The van der Waals surface area contributed by atoms with Crippen molar-refractivity contribution >= 4 is 21.6 Å². The van der Waals surface area contributed by atoms with Crippen LogP contribution in [0.4, 0.5) is 0 Å². The third-order valence-electron chi connectivity index (χ3n) is 4.55. The molecule has 1 aromatic rings. The van der Waals surface area contributed by atoms with Crippen molar-refractivity contribution < 1.29 is 8.42 Å². The number of hydrogen-bond donors (Lipinski definition) is 1. The zero-order valence-electron chi connectivity index (χ0n) is 12.4. The summed E-state index contributed by atoms with van der Waals surface area (Å²) < 4.78 is 24.4. The number of benzene rings is 1. The zero-order chi connectivity index (χ0) is 14.9. The van der Waals surface area contributed by atoms with E-state index in [-0.39, 0.29) is 11.8 Å². The minimum Gasteiger partial charge on any atom is -0.306 e. The SMILES string of the molecule is CCSC1CCCC1NC1CCS(=O)(=O)c2ccccc21. The predicted octanol–water partition coefficient (Wildman–Crippen LogP) is 3.17. The highest BCUT2D eigenvalue weighted by atomic mass is 32.2. The maximum atomic E-state index is 12.2. The standard InChI is InChI=1S/C16H23NO2S2/c1-2-20-15-8-5-7-14(15)17-13-10-11-21(18,19)16-9-4-3-6-12(13)16/h3-4,6,9,13-15,17H,2,5,7-8,10-11H2,1H3. The molecule has 5 heteroatoms. The lowest BCUT2D eigenvalue weighted by atomic mass is 10.0. The third-order valence-corrected chi connectivity index (χ3v) is 7.69. The first-order valence-electron chi connectivity index (χ1n) is 7.81. The summed E-state index contributed by atoms with van der Waals surface area (Å²) in [5.41, 5.74) is 0.968. The van der Waals surface area contributed by atoms with E-state index in [1.807, 2.05) is 30.0 Å². The van der Waals surface area contributed by atoms with Crippen molar-refractivity contribution in [1.82, 2.24) is 5.32 Å². The first kappa shape index (κ1) is 15.4. The summed E-state index contributed by atoms with van der Waals surface area (Å²) in [5.74, 6) is 1.42. The largest absolute Gasteiger partial charge is 0.306 e.